The van der Waals surface area contributed by atoms with Crippen molar-refractivity contribution >= 4 is 11.9 Å². The zero-order valence-electron chi connectivity index (χ0n) is 11.3. The molecule has 2 fully saturated rings. The smallest absolute Gasteiger partial charge is 0.326 e. The highest BCUT2D eigenvalue weighted by Crippen LogP contribution is 2.23. The number of aliphatic carboxylic acids is 1. The van der Waals surface area contributed by atoms with Crippen LogP contribution in [0.15, 0.2) is 0 Å². The summed E-state index contributed by atoms with van der Waals surface area (Å²) >= 11 is 0. The second kappa shape index (κ2) is 6.34. The molecule has 1 amide bonds. The van der Waals surface area contributed by atoms with E-state index in [1.807, 2.05) is 6.92 Å². The SMILES string of the molecule is CCNC1COCC1C(=O)N1CCCC[C@@H]1C(=O)O. The van der Waals surface area contributed by atoms with Gasteiger partial charge in [0.2, 0.25) is 5.91 Å². The normalized spacial score (nSPS) is 31.4. The van der Waals surface area contributed by atoms with Crippen molar-refractivity contribution in [2.75, 3.05) is 26.3 Å². The van der Waals surface area contributed by atoms with Crippen molar-refractivity contribution in [1.82, 2.24) is 10.2 Å². The fourth-order valence-electron chi connectivity index (χ4n) is 2.93. The first-order valence-electron chi connectivity index (χ1n) is 6.99. The van der Waals surface area contributed by atoms with Crippen molar-refractivity contribution in [2.24, 2.45) is 5.92 Å². The van der Waals surface area contributed by atoms with Crippen LogP contribution in [-0.4, -0.2) is 60.3 Å². The van der Waals surface area contributed by atoms with Crippen molar-refractivity contribution in [1.29, 1.82) is 0 Å². The minimum atomic E-state index is -0.896. The molecule has 2 N–H and O–H groups in total. The third kappa shape index (κ3) is 3.06. The van der Waals surface area contributed by atoms with Crippen LogP contribution in [-0.2, 0) is 14.3 Å². The van der Waals surface area contributed by atoms with E-state index in [4.69, 9.17) is 4.74 Å². The molecule has 0 aromatic carbocycles. The Kier molecular flexibility index (Phi) is 4.76. The number of likely N-dealkylation sites (tertiary alicyclic amines) is 1. The highest BCUT2D eigenvalue weighted by molar-refractivity contribution is 5.86. The van der Waals surface area contributed by atoms with Gasteiger partial charge >= 0.3 is 5.97 Å². The Balaban J connectivity index is 2.06. The van der Waals surface area contributed by atoms with Crippen LogP contribution >= 0.6 is 0 Å². The highest BCUT2D eigenvalue weighted by Gasteiger charge is 2.40. The molecule has 108 valence electrons. The molecule has 0 saturated carbocycles. The fourth-order valence-corrected chi connectivity index (χ4v) is 2.93. The molecule has 2 saturated heterocycles. The van der Waals surface area contributed by atoms with E-state index in [-0.39, 0.29) is 17.9 Å². The molecule has 0 aliphatic carbocycles. The van der Waals surface area contributed by atoms with E-state index >= 15 is 0 Å². The summed E-state index contributed by atoms with van der Waals surface area (Å²) in [4.78, 5) is 25.3. The number of carboxylic acid groups (broad SMARTS) is 1. The van der Waals surface area contributed by atoms with Crippen LogP contribution in [0.3, 0.4) is 0 Å². The maximum absolute atomic E-state index is 12.5. The van der Waals surface area contributed by atoms with Gasteiger partial charge in [0.1, 0.15) is 6.04 Å². The number of nitrogens with zero attached hydrogens (tertiary/aromatic N) is 1. The van der Waals surface area contributed by atoms with E-state index in [2.05, 4.69) is 5.32 Å². The molecule has 6 heteroatoms. The standard InChI is InChI=1S/C13H22N2O4/c1-2-14-10-8-19-7-9(10)12(16)15-6-4-3-5-11(15)13(17)18/h9-11,14H,2-8H2,1H3,(H,17,18)/t9?,10?,11-/m1/s1. The quantitative estimate of drug-likeness (QED) is 0.756. The highest BCUT2D eigenvalue weighted by atomic mass is 16.5. The first-order chi connectivity index (χ1) is 9.15. The molecule has 6 nitrogen and oxygen atoms in total. The summed E-state index contributed by atoms with van der Waals surface area (Å²) in [5.41, 5.74) is 0. The number of nitrogens with one attached hydrogen (secondary N) is 1. The van der Waals surface area contributed by atoms with Crippen molar-refractivity contribution in [2.45, 2.75) is 38.3 Å². The Labute approximate surface area is 113 Å². The third-order valence-corrected chi connectivity index (χ3v) is 3.93. The predicted molar refractivity (Wildman–Crippen MR) is 68.8 cm³/mol. The predicted octanol–water partition coefficient (Wildman–Crippen LogP) is 0.0766. The van der Waals surface area contributed by atoms with E-state index in [9.17, 15) is 14.7 Å². The summed E-state index contributed by atoms with van der Waals surface area (Å²) in [6, 6.07) is -0.655. The lowest BCUT2D eigenvalue weighted by Gasteiger charge is -2.35. The zero-order chi connectivity index (χ0) is 13.8. The molecule has 2 aliphatic rings. The number of amides is 1. The molecule has 2 aliphatic heterocycles. The van der Waals surface area contributed by atoms with Crippen LogP contribution in [0.25, 0.3) is 0 Å². The van der Waals surface area contributed by atoms with Gasteiger partial charge < -0.3 is 20.1 Å². The largest absolute Gasteiger partial charge is 0.480 e. The molecule has 0 bridgehead atoms. The molecule has 0 aromatic heterocycles. The number of hydrogen-bond acceptors (Lipinski definition) is 4. The van der Waals surface area contributed by atoms with E-state index in [1.165, 1.54) is 4.90 Å². The lowest BCUT2D eigenvalue weighted by Crippen LogP contribution is -2.53. The fraction of sp³-hybridized carbons (Fsp3) is 0.846. The van der Waals surface area contributed by atoms with Crippen LogP contribution in [0.2, 0.25) is 0 Å². The molecule has 2 unspecified atom stereocenters. The van der Waals surface area contributed by atoms with Gasteiger partial charge in [-0.1, -0.05) is 6.92 Å². The van der Waals surface area contributed by atoms with Gasteiger partial charge in [-0.2, -0.15) is 0 Å². The van der Waals surface area contributed by atoms with Crippen LogP contribution in [0, 0.1) is 5.92 Å². The number of hydrogen-bond donors (Lipinski definition) is 2. The second-order valence-electron chi connectivity index (χ2n) is 5.19. The molecule has 0 spiro atoms. The summed E-state index contributed by atoms with van der Waals surface area (Å²) in [7, 11) is 0. The average molecular weight is 270 g/mol. The van der Waals surface area contributed by atoms with Gasteiger partial charge in [0, 0.05) is 12.6 Å². The van der Waals surface area contributed by atoms with Crippen LogP contribution in [0.5, 0.6) is 0 Å². The van der Waals surface area contributed by atoms with Gasteiger partial charge in [-0.3, -0.25) is 4.79 Å². The molecule has 2 rings (SSSR count). The average Bonchev–Trinajstić information content (AvgIpc) is 2.86. The zero-order valence-corrected chi connectivity index (χ0v) is 11.3. The molecule has 19 heavy (non-hydrogen) atoms. The molecular weight excluding hydrogens is 248 g/mol. The van der Waals surface area contributed by atoms with Crippen LogP contribution in [0.4, 0.5) is 0 Å². The Bertz CT molecular complexity index is 348. The second-order valence-corrected chi connectivity index (χ2v) is 5.19. The van der Waals surface area contributed by atoms with Gasteiger partial charge in [-0.05, 0) is 25.8 Å². The number of carbonyl (C=O) groups excluding carboxylic acids is 1. The van der Waals surface area contributed by atoms with Crippen molar-refractivity contribution in [3.8, 4) is 0 Å². The summed E-state index contributed by atoms with van der Waals surface area (Å²) in [6.07, 6.45) is 2.31. The Morgan fingerprint density at radius 3 is 2.84 bits per heavy atom. The number of rotatable bonds is 4. The minimum absolute atomic E-state index is 0.00821. The first-order valence-corrected chi connectivity index (χ1v) is 6.99. The topological polar surface area (TPSA) is 78.9 Å². The van der Waals surface area contributed by atoms with E-state index in [0.717, 1.165) is 19.4 Å². The Morgan fingerprint density at radius 2 is 2.16 bits per heavy atom. The molecule has 3 atom stereocenters. The maximum Gasteiger partial charge on any atom is 0.326 e. The molecule has 0 radical (unpaired) electrons. The minimum Gasteiger partial charge on any atom is -0.480 e. The van der Waals surface area contributed by atoms with Crippen molar-refractivity contribution in [3.05, 3.63) is 0 Å². The molecule has 2 heterocycles. The van der Waals surface area contributed by atoms with Gasteiger partial charge in [0.15, 0.2) is 0 Å². The first kappa shape index (κ1) is 14.3. The van der Waals surface area contributed by atoms with Gasteiger partial charge in [-0.25, -0.2) is 4.79 Å². The van der Waals surface area contributed by atoms with Gasteiger partial charge in [0.25, 0.3) is 0 Å². The lowest BCUT2D eigenvalue weighted by atomic mass is 9.96. The Hall–Kier alpha value is -1.14. The third-order valence-electron chi connectivity index (χ3n) is 3.93. The van der Waals surface area contributed by atoms with Gasteiger partial charge in [0.05, 0.1) is 19.1 Å². The lowest BCUT2D eigenvalue weighted by molar-refractivity contribution is -0.154. The van der Waals surface area contributed by atoms with Gasteiger partial charge in [-0.15, -0.1) is 0 Å². The summed E-state index contributed by atoms with van der Waals surface area (Å²) in [6.45, 7) is 4.22. The number of likely N-dealkylation sites (N-methyl/N-ethyl adjacent to an activating group) is 1. The number of carboxylic acids is 1. The Morgan fingerprint density at radius 1 is 1.37 bits per heavy atom. The monoisotopic (exact) mass is 270 g/mol. The summed E-state index contributed by atoms with van der Waals surface area (Å²) in [5.74, 6) is -1.22. The number of carbonyl (C=O) groups is 2. The summed E-state index contributed by atoms with van der Waals surface area (Å²) in [5, 5.41) is 12.5. The summed E-state index contributed by atoms with van der Waals surface area (Å²) < 4.78 is 5.37. The number of ether oxygens (including phenoxy) is 1. The van der Waals surface area contributed by atoms with Crippen molar-refractivity contribution in [3.63, 3.8) is 0 Å². The molecule has 0 aromatic rings. The number of piperidine rings is 1. The van der Waals surface area contributed by atoms with E-state index in [1.54, 1.807) is 0 Å². The van der Waals surface area contributed by atoms with E-state index < -0.39 is 12.0 Å². The maximum atomic E-state index is 12.5. The van der Waals surface area contributed by atoms with E-state index in [0.29, 0.717) is 26.2 Å². The van der Waals surface area contributed by atoms with Crippen LogP contribution < -0.4 is 5.32 Å². The molecular formula is C13H22N2O4. The van der Waals surface area contributed by atoms with Crippen LogP contribution in [0.1, 0.15) is 26.2 Å². The van der Waals surface area contributed by atoms with Crippen molar-refractivity contribution < 1.29 is 19.4 Å².